The summed E-state index contributed by atoms with van der Waals surface area (Å²) in [7, 11) is 0. The van der Waals surface area contributed by atoms with E-state index in [0.717, 1.165) is 24.6 Å². The molecule has 0 unspecified atom stereocenters. The number of hydrogen-bond acceptors (Lipinski definition) is 3. The van der Waals surface area contributed by atoms with Gasteiger partial charge in [-0.15, -0.1) is 0 Å². The van der Waals surface area contributed by atoms with Gasteiger partial charge >= 0.3 is 12.6 Å². The molecule has 0 bridgehead atoms. The molecule has 1 aliphatic rings. The van der Waals surface area contributed by atoms with E-state index in [-0.39, 0.29) is 18.3 Å². The highest BCUT2D eigenvalue weighted by atomic mass is 19.3. The SMILES string of the molecule is O=C(Nc1ccc(F)cc1OC(F)F)N1CCC[C@@H]1CO. The Kier molecular flexibility index (Phi) is 4.89. The summed E-state index contributed by atoms with van der Waals surface area (Å²) in [5.74, 6) is -1.20. The molecule has 0 saturated carbocycles. The Morgan fingerprint density at radius 2 is 2.29 bits per heavy atom. The number of carbonyl (C=O) groups excluding carboxylic acids is 1. The van der Waals surface area contributed by atoms with Crippen molar-refractivity contribution >= 4 is 11.7 Å². The summed E-state index contributed by atoms with van der Waals surface area (Å²) in [5.41, 5.74) is -0.0507. The first kappa shape index (κ1) is 15.4. The van der Waals surface area contributed by atoms with E-state index in [4.69, 9.17) is 5.11 Å². The molecule has 0 aromatic heterocycles. The average Bonchev–Trinajstić information content (AvgIpc) is 2.89. The van der Waals surface area contributed by atoms with Gasteiger partial charge in [0.1, 0.15) is 5.82 Å². The smallest absolute Gasteiger partial charge is 0.387 e. The Bertz CT molecular complexity index is 513. The van der Waals surface area contributed by atoms with Crippen LogP contribution in [0.25, 0.3) is 0 Å². The van der Waals surface area contributed by atoms with Gasteiger partial charge in [0.15, 0.2) is 5.75 Å². The standard InChI is InChI=1S/C13H15F3N2O3/c14-8-3-4-10(11(6-8)21-12(15)16)17-13(20)18-5-1-2-9(18)7-19/h3-4,6,9,12,19H,1-2,5,7H2,(H,17,20)/t9-/m1/s1. The van der Waals surface area contributed by atoms with Crippen LogP contribution in [0.5, 0.6) is 5.75 Å². The van der Waals surface area contributed by atoms with Crippen molar-refractivity contribution in [1.29, 1.82) is 0 Å². The third kappa shape index (κ3) is 3.78. The monoisotopic (exact) mass is 304 g/mol. The van der Waals surface area contributed by atoms with E-state index in [9.17, 15) is 18.0 Å². The lowest BCUT2D eigenvalue weighted by molar-refractivity contribution is -0.0495. The van der Waals surface area contributed by atoms with Crippen LogP contribution in [0.3, 0.4) is 0 Å². The number of anilines is 1. The fourth-order valence-electron chi connectivity index (χ4n) is 2.27. The number of likely N-dealkylation sites (tertiary alicyclic amines) is 1. The summed E-state index contributed by atoms with van der Waals surface area (Å²) in [6, 6.07) is 2.10. The van der Waals surface area contributed by atoms with E-state index >= 15 is 0 Å². The third-order valence-electron chi connectivity index (χ3n) is 3.25. The Morgan fingerprint density at radius 3 is 2.95 bits per heavy atom. The van der Waals surface area contributed by atoms with Crippen LogP contribution >= 0.6 is 0 Å². The van der Waals surface area contributed by atoms with Crippen molar-refractivity contribution in [1.82, 2.24) is 4.90 Å². The average molecular weight is 304 g/mol. The zero-order chi connectivity index (χ0) is 15.4. The number of aliphatic hydroxyl groups is 1. The fourth-order valence-corrected chi connectivity index (χ4v) is 2.27. The van der Waals surface area contributed by atoms with Crippen LogP contribution in [0.15, 0.2) is 18.2 Å². The maximum atomic E-state index is 13.1. The van der Waals surface area contributed by atoms with Crippen molar-refractivity contribution in [2.24, 2.45) is 0 Å². The first-order valence-corrected chi connectivity index (χ1v) is 6.44. The van der Waals surface area contributed by atoms with Crippen molar-refractivity contribution < 1.29 is 27.8 Å². The second-order valence-electron chi connectivity index (χ2n) is 4.62. The van der Waals surface area contributed by atoms with Gasteiger partial charge in [0.2, 0.25) is 0 Å². The molecule has 1 aliphatic heterocycles. The molecule has 0 aliphatic carbocycles. The number of nitrogens with zero attached hydrogens (tertiary/aromatic N) is 1. The van der Waals surface area contributed by atoms with Crippen molar-refractivity contribution in [2.45, 2.75) is 25.5 Å². The number of benzene rings is 1. The second-order valence-corrected chi connectivity index (χ2v) is 4.62. The molecule has 1 aromatic rings. The first-order chi connectivity index (χ1) is 10.0. The van der Waals surface area contributed by atoms with E-state index in [1.54, 1.807) is 0 Å². The summed E-state index contributed by atoms with van der Waals surface area (Å²) in [5, 5.41) is 11.6. The summed E-state index contributed by atoms with van der Waals surface area (Å²) in [6.07, 6.45) is 1.43. The number of ether oxygens (including phenoxy) is 1. The number of hydrogen-bond donors (Lipinski definition) is 2. The van der Waals surface area contributed by atoms with E-state index in [0.29, 0.717) is 13.0 Å². The molecular formula is C13H15F3N2O3. The van der Waals surface area contributed by atoms with Gasteiger partial charge in [0, 0.05) is 12.6 Å². The summed E-state index contributed by atoms with van der Waals surface area (Å²) in [6.45, 7) is -2.83. The molecule has 116 valence electrons. The molecule has 1 saturated heterocycles. The summed E-state index contributed by atoms with van der Waals surface area (Å²) >= 11 is 0. The van der Waals surface area contributed by atoms with Crippen LogP contribution in [0.1, 0.15) is 12.8 Å². The molecule has 8 heteroatoms. The quantitative estimate of drug-likeness (QED) is 0.898. The number of nitrogens with one attached hydrogen (secondary N) is 1. The molecule has 2 N–H and O–H groups in total. The van der Waals surface area contributed by atoms with E-state index in [1.807, 2.05) is 0 Å². The highest BCUT2D eigenvalue weighted by Gasteiger charge is 2.28. The molecule has 1 atom stereocenters. The van der Waals surface area contributed by atoms with Gasteiger partial charge in [0.25, 0.3) is 0 Å². The van der Waals surface area contributed by atoms with Crippen molar-refractivity contribution in [3.05, 3.63) is 24.0 Å². The minimum absolute atomic E-state index is 0.0507. The van der Waals surface area contributed by atoms with Crippen LogP contribution in [-0.4, -0.2) is 41.8 Å². The topological polar surface area (TPSA) is 61.8 Å². The Hall–Kier alpha value is -1.96. The van der Waals surface area contributed by atoms with Crippen LogP contribution in [-0.2, 0) is 0 Å². The van der Waals surface area contributed by atoms with Gasteiger partial charge in [-0.05, 0) is 25.0 Å². The van der Waals surface area contributed by atoms with Crippen molar-refractivity contribution in [3.8, 4) is 5.75 Å². The largest absolute Gasteiger partial charge is 0.432 e. The molecule has 0 radical (unpaired) electrons. The molecule has 0 spiro atoms. The molecule has 5 nitrogen and oxygen atoms in total. The van der Waals surface area contributed by atoms with E-state index < -0.39 is 24.2 Å². The number of amides is 2. The number of carbonyl (C=O) groups is 1. The normalized spacial score (nSPS) is 18.1. The van der Waals surface area contributed by atoms with E-state index in [1.165, 1.54) is 4.90 Å². The Morgan fingerprint density at radius 1 is 1.52 bits per heavy atom. The number of urea groups is 1. The molecular weight excluding hydrogens is 289 g/mol. The fraction of sp³-hybridized carbons (Fsp3) is 0.462. The molecule has 2 amide bonds. The highest BCUT2D eigenvalue weighted by molar-refractivity contribution is 5.91. The molecule has 2 rings (SSSR count). The van der Waals surface area contributed by atoms with Crippen LogP contribution in [0.4, 0.5) is 23.7 Å². The zero-order valence-corrected chi connectivity index (χ0v) is 11.1. The molecule has 1 aromatic carbocycles. The van der Waals surface area contributed by atoms with E-state index in [2.05, 4.69) is 10.1 Å². The molecule has 1 heterocycles. The van der Waals surface area contributed by atoms with Crippen molar-refractivity contribution in [3.63, 3.8) is 0 Å². The highest BCUT2D eigenvalue weighted by Crippen LogP contribution is 2.28. The summed E-state index contributed by atoms with van der Waals surface area (Å²) in [4.78, 5) is 13.5. The number of aliphatic hydroxyl groups excluding tert-OH is 1. The van der Waals surface area contributed by atoms with Crippen molar-refractivity contribution in [2.75, 3.05) is 18.5 Å². The predicted octanol–water partition coefficient (Wildman–Crippen LogP) is 2.42. The van der Waals surface area contributed by atoms with Gasteiger partial charge in [-0.1, -0.05) is 0 Å². The van der Waals surface area contributed by atoms with Gasteiger partial charge < -0.3 is 20.1 Å². The summed E-state index contributed by atoms with van der Waals surface area (Å²) < 4.78 is 41.8. The van der Waals surface area contributed by atoms with Crippen LogP contribution < -0.4 is 10.1 Å². The Balaban J connectivity index is 2.13. The third-order valence-corrected chi connectivity index (χ3v) is 3.25. The molecule has 21 heavy (non-hydrogen) atoms. The lowest BCUT2D eigenvalue weighted by Crippen LogP contribution is -2.40. The van der Waals surface area contributed by atoms with Gasteiger partial charge in [-0.25, -0.2) is 9.18 Å². The van der Waals surface area contributed by atoms with Gasteiger partial charge in [-0.3, -0.25) is 0 Å². The maximum absolute atomic E-state index is 13.1. The first-order valence-electron chi connectivity index (χ1n) is 6.44. The lowest BCUT2D eigenvalue weighted by Gasteiger charge is -2.24. The second kappa shape index (κ2) is 6.66. The van der Waals surface area contributed by atoms with Crippen LogP contribution in [0, 0.1) is 5.82 Å². The maximum Gasteiger partial charge on any atom is 0.387 e. The Labute approximate surface area is 119 Å². The molecule has 1 fully saturated rings. The number of alkyl halides is 2. The minimum atomic E-state index is -3.13. The number of halogens is 3. The van der Waals surface area contributed by atoms with Gasteiger partial charge in [0.05, 0.1) is 18.3 Å². The zero-order valence-electron chi connectivity index (χ0n) is 11.1. The predicted molar refractivity (Wildman–Crippen MR) is 68.9 cm³/mol. The minimum Gasteiger partial charge on any atom is -0.432 e. The van der Waals surface area contributed by atoms with Crippen LogP contribution in [0.2, 0.25) is 0 Å². The lowest BCUT2D eigenvalue weighted by atomic mass is 10.2. The van der Waals surface area contributed by atoms with Gasteiger partial charge in [-0.2, -0.15) is 8.78 Å². The number of rotatable bonds is 4.